The molecule has 1 saturated carbocycles. The molecular formula is C20H25N5O. The fourth-order valence-electron chi connectivity index (χ4n) is 4.02. The molecule has 2 aliphatic carbocycles. The second kappa shape index (κ2) is 6.28. The highest BCUT2D eigenvalue weighted by molar-refractivity contribution is 5.74. The molecule has 0 aromatic carbocycles. The predicted molar refractivity (Wildman–Crippen MR) is 101 cm³/mol. The van der Waals surface area contributed by atoms with Crippen LogP contribution >= 0.6 is 0 Å². The molecule has 6 nitrogen and oxygen atoms in total. The number of rotatable bonds is 3. The van der Waals surface area contributed by atoms with Gasteiger partial charge < -0.3 is 10.0 Å². The SMILES string of the molecule is OCCN1CCN(c2nc3nc(n2)C2(C/C=C\C=C4/C=C3C4)CC2)CC1. The molecule has 1 spiro atoms. The van der Waals surface area contributed by atoms with Crippen molar-refractivity contribution in [2.45, 2.75) is 31.1 Å². The van der Waals surface area contributed by atoms with Crippen LogP contribution in [0.3, 0.4) is 0 Å². The Morgan fingerprint density at radius 3 is 2.62 bits per heavy atom. The van der Waals surface area contributed by atoms with Gasteiger partial charge in [-0.25, -0.2) is 4.98 Å². The van der Waals surface area contributed by atoms with Gasteiger partial charge >= 0.3 is 0 Å². The molecule has 1 aromatic rings. The first-order valence-corrected chi connectivity index (χ1v) is 9.67. The number of piperazine rings is 1. The van der Waals surface area contributed by atoms with Gasteiger partial charge in [-0.2, -0.15) is 9.97 Å². The Bertz CT molecular complexity index is 800. The quantitative estimate of drug-likeness (QED) is 0.894. The molecule has 0 atom stereocenters. The van der Waals surface area contributed by atoms with E-state index in [4.69, 9.17) is 20.1 Å². The molecule has 4 heterocycles. The third-order valence-electron chi connectivity index (χ3n) is 6.02. The van der Waals surface area contributed by atoms with Crippen LogP contribution in [0.15, 0.2) is 29.9 Å². The summed E-state index contributed by atoms with van der Waals surface area (Å²) in [6, 6.07) is 0. The summed E-state index contributed by atoms with van der Waals surface area (Å²) >= 11 is 0. The fraction of sp³-hybridized carbons (Fsp3) is 0.550. The Hall–Kier alpha value is -2.05. The maximum atomic E-state index is 9.14. The molecule has 2 fully saturated rings. The fourth-order valence-corrected chi connectivity index (χ4v) is 4.02. The molecule has 0 unspecified atom stereocenters. The van der Waals surface area contributed by atoms with Gasteiger partial charge in [0.05, 0.1) is 6.61 Å². The monoisotopic (exact) mass is 351 g/mol. The van der Waals surface area contributed by atoms with E-state index in [-0.39, 0.29) is 12.0 Å². The second-order valence-corrected chi connectivity index (χ2v) is 7.84. The average molecular weight is 351 g/mol. The minimum atomic E-state index is 0.120. The van der Waals surface area contributed by atoms with E-state index in [1.165, 1.54) is 24.0 Å². The topological polar surface area (TPSA) is 65.4 Å². The molecule has 6 heteroatoms. The van der Waals surface area contributed by atoms with E-state index >= 15 is 0 Å². The van der Waals surface area contributed by atoms with Crippen molar-refractivity contribution in [3.05, 3.63) is 41.5 Å². The van der Waals surface area contributed by atoms with Crippen LogP contribution in [0.4, 0.5) is 5.95 Å². The van der Waals surface area contributed by atoms with E-state index in [0.717, 1.165) is 63.2 Å². The third-order valence-corrected chi connectivity index (χ3v) is 6.02. The first-order chi connectivity index (χ1) is 12.8. The van der Waals surface area contributed by atoms with Crippen molar-refractivity contribution in [3.63, 3.8) is 0 Å². The summed E-state index contributed by atoms with van der Waals surface area (Å²) in [4.78, 5) is 19.2. The maximum absolute atomic E-state index is 9.14. The van der Waals surface area contributed by atoms with Gasteiger partial charge in [0, 0.05) is 50.1 Å². The lowest BCUT2D eigenvalue weighted by Gasteiger charge is -2.34. The molecular weight excluding hydrogens is 326 g/mol. The smallest absolute Gasteiger partial charge is 0.229 e. The summed E-state index contributed by atoms with van der Waals surface area (Å²) in [6.07, 6.45) is 13.2. The number of fused-ring (bicyclic) bond motifs is 2. The van der Waals surface area contributed by atoms with Crippen molar-refractivity contribution in [3.8, 4) is 0 Å². The summed E-state index contributed by atoms with van der Waals surface area (Å²) in [7, 11) is 0. The molecule has 0 amide bonds. The van der Waals surface area contributed by atoms with E-state index in [2.05, 4.69) is 34.1 Å². The summed E-state index contributed by atoms with van der Waals surface area (Å²) in [6.45, 7) is 4.67. The molecule has 6 rings (SSSR count). The summed E-state index contributed by atoms with van der Waals surface area (Å²) in [5, 5.41) is 9.14. The van der Waals surface area contributed by atoms with Gasteiger partial charge in [-0.05, 0) is 24.8 Å². The van der Waals surface area contributed by atoms with Gasteiger partial charge in [0.15, 0.2) is 5.82 Å². The Morgan fingerprint density at radius 2 is 1.88 bits per heavy atom. The zero-order chi connectivity index (χ0) is 17.6. The number of aliphatic hydroxyl groups excluding tert-OH is 1. The van der Waals surface area contributed by atoms with Gasteiger partial charge in [0.1, 0.15) is 5.82 Å². The van der Waals surface area contributed by atoms with Crippen molar-refractivity contribution in [1.29, 1.82) is 0 Å². The van der Waals surface area contributed by atoms with Gasteiger partial charge in [-0.1, -0.05) is 24.3 Å². The number of β-amino-alcohol motifs (C(OH)–C–C–N with tert-alkyl or cyclic N) is 1. The third kappa shape index (κ3) is 2.87. The zero-order valence-electron chi connectivity index (χ0n) is 15.1. The lowest BCUT2D eigenvalue weighted by molar-refractivity contribution is 0.188. The van der Waals surface area contributed by atoms with E-state index in [1.807, 2.05) is 0 Å². The highest BCUT2D eigenvalue weighted by atomic mass is 16.3. The maximum Gasteiger partial charge on any atom is 0.229 e. The van der Waals surface area contributed by atoms with E-state index in [1.54, 1.807) is 0 Å². The Balaban J connectivity index is 1.48. The number of aliphatic hydroxyl groups is 1. The number of anilines is 1. The van der Waals surface area contributed by atoms with Crippen molar-refractivity contribution < 1.29 is 5.11 Å². The van der Waals surface area contributed by atoms with Crippen molar-refractivity contribution in [2.75, 3.05) is 44.2 Å². The summed E-state index contributed by atoms with van der Waals surface area (Å²) in [5.41, 5.74) is 2.70. The van der Waals surface area contributed by atoms with Gasteiger partial charge in [-0.3, -0.25) is 4.90 Å². The van der Waals surface area contributed by atoms with Gasteiger partial charge in [0.25, 0.3) is 0 Å². The normalized spacial score (nSPS) is 27.0. The lowest BCUT2D eigenvalue weighted by atomic mass is 9.91. The summed E-state index contributed by atoms with van der Waals surface area (Å²) in [5.74, 6) is 2.69. The van der Waals surface area contributed by atoms with Crippen molar-refractivity contribution >= 4 is 11.5 Å². The van der Waals surface area contributed by atoms with Crippen LogP contribution in [0.25, 0.3) is 5.57 Å². The number of nitrogens with zero attached hydrogens (tertiary/aromatic N) is 5. The minimum absolute atomic E-state index is 0.120. The summed E-state index contributed by atoms with van der Waals surface area (Å²) < 4.78 is 0. The largest absolute Gasteiger partial charge is 0.395 e. The van der Waals surface area contributed by atoms with Gasteiger partial charge in [0.2, 0.25) is 5.95 Å². The highest BCUT2D eigenvalue weighted by Gasteiger charge is 2.47. The van der Waals surface area contributed by atoms with Crippen LogP contribution in [0.5, 0.6) is 0 Å². The highest BCUT2D eigenvalue weighted by Crippen LogP contribution is 2.50. The van der Waals surface area contributed by atoms with Crippen molar-refractivity contribution in [2.24, 2.45) is 0 Å². The van der Waals surface area contributed by atoms with Crippen LogP contribution < -0.4 is 4.90 Å². The van der Waals surface area contributed by atoms with E-state index in [9.17, 15) is 0 Å². The molecule has 1 saturated heterocycles. The molecule has 4 bridgehead atoms. The molecule has 0 radical (unpaired) electrons. The van der Waals surface area contributed by atoms with Crippen LogP contribution in [-0.4, -0.2) is 64.3 Å². The molecule has 136 valence electrons. The zero-order valence-corrected chi connectivity index (χ0v) is 15.1. The number of aromatic nitrogens is 3. The Labute approximate surface area is 154 Å². The van der Waals surface area contributed by atoms with Crippen LogP contribution in [0, 0.1) is 0 Å². The Kier molecular flexibility index (Phi) is 3.90. The standard InChI is InChI=1S/C20H25N5O/c26-12-11-24-7-9-25(10-8-24)19-22-17-16-13-15(14-16)3-1-2-4-20(5-6-20)18(21-17)23-19/h1-3,13,26H,4-12,14H2/b2-1-,15-3+. The van der Waals surface area contributed by atoms with E-state index < -0.39 is 0 Å². The average Bonchev–Trinajstić information content (AvgIpc) is 3.41. The second-order valence-electron chi connectivity index (χ2n) is 7.84. The van der Waals surface area contributed by atoms with E-state index in [0.29, 0.717) is 0 Å². The number of hydrogen-bond acceptors (Lipinski definition) is 6. The lowest BCUT2D eigenvalue weighted by Crippen LogP contribution is -2.48. The predicted octanol–water partition coefficient (Wildman–Crippen LogP) is 1.69. The minimum Gasteiger partial charge on any atom is -0.395 e. The first kappa shape index (κ1) is 16.1. The number of allylic oxidation sites excluding steroid dienone is 6. The molecule has 1 aromatic heterocycles. The van der Waals surface area contributed by atoms with Crippen LogP contribution in [0.2, 0.25) is 0 Å². The molecule has 26 heavy (non-hydrogen) atoms. The Morgan fingerprint density at radius 1 is 1.08 bits per heavy atom. The van der Waals surface area contributed by atoms with Crippen LogP contribution in [-0.2, 0) is 5.41 Å². The molecule has 5 aliphatic rings. The molecule has 3 aliphatic heterocycles. The van der Waals surface area contributed by atoms with Crippen LogP contribution in [0.1, 0.15) is 37.3 Å². The molecule has 1 N–H and O–H groups in total. The van der Waals surface area contributed by atoms with Gasteiger partial charge in [-0.15, -0.1) is 0 Å². The van der Waals surface area contributed by atoms with Crippen molar-refractivity contribution in [1.82, 2.24) is 19.9 Å². The number of hydrogen-bond donors (Lipinski definition) is 1. The first-order valence-electron chi connectivity index (χ1n) is 9.67.